The average molecular weight is 230 g/mol. The Morgan fingerprint density at radius 2 is 2.38 bits per heavy atom. The van der Waals surface area contributed by atoms with Crippen LogP contribution in [0.5, 0.6) is 0 Å². The molecule has 2 atom stereocenters. The van der Waals surface area contributed by atoms with Crippen LogP contribution in [0.4, 0.5) is 0 Å². The largest absolute Gasteiger partial charge is 0.467 e. The molecule has 2 unspecified atom stereocenters. The minimum Gasteiger partial charge on any atom is -0.467 e. The zero-order chi connectivity index (χ0) is 12.0. The van der Waals surface area contributed by atoms with E-state index < -0.39 is 0 Å². The number of carbonyl (C=O) groups excluding carboxylic acids is 1. The molecular formula is C11H22N2O3. The Hall–Kier alpha value is -0.650. The van der Waals surface area contributed by atoms with Gasteiger partial charge in [-0.15, -0.1) is 0 Å². The number of ether oxygens (including phenoxy) is 1. The van der Waals surface area contributed by atoms with Crippen LogP contribution >= 0.6 is 0 Å². The van der Waals surface area contributed by atoms with Crippen molar-refractivity contribution in [2.45, 2.75) is 38.5 Å². The molecule has 5 nitrogen and oxygen atoms in total. The molecule has 0 aromatic carbocycles. The van der Waals surface area contributed by atoms with E-state index in [1.165, 1.54) is 0 Å². The first kappa shape index (κ1) is 13.4. The highest BCUT2D eigenvalue weighted by Gasteiger charge is 2.27. The number of carbonyl (C=O) groups is 1. The molecule has 1 aliphatic heterocycles. The van der Waals surface area contributed by atoms with E-state index >= 15 is 0 Å². The summed E-state index contributed by atoms with van der Waals surface area (Å²) in [5, 5.41) is 13.0. The van der Waals surface area contributed by atoms with Crippen molar-refractivity contribution in [1.29, 1.82) is 0 Å². The van der Waals surface area contributed by atoms with Crippen LogP contribution in [0.3, 0.4) is 0 Å². The molecule has 0 saturated carbocycles. The van der Waals surface area contributed by atoms with Crippen LogP contribution < -0.4 is 5.32 Å². The second-order valence-corrected chi connectivity index (χ2v) is 4.47. The summed E-state index contributed by atoms with van der Waals surface area (Å²) in [6.45, 7) is 7.46. The topological polar surface area (TPSA) is 61.8 Å². The Bertz CT molecular complexity index is 211. The number of rotatable bonds is 7. The Labute approximate surface area is 96.8 Å². The van der Waals surface area contributed by atoms with Gasteiger partial charge in [-0.25, -0.2) is 0 Å². The molecule has 0 bridgehead atoms. The third kappa shape index (κ3) is 4.08. The number of hydrogen-bond donors (Lipinski definition) is 2. The predicted molar refractivity (Wildman–Crippen MR) is 61.1 cm³/mol. The summed E-state index contributed by atoms with van der Waals surface area (Å²) in [6, 6.07) is 0.517. The van der Waals surface area contributed by atoms with Crippen LogP contribution in [-0.2, 0) is 9.53 Å². The van der Waals surface area contributed by atoms with Gasteiger partial charge in [0.2, 0.25) is 0 Å². The van der Waals surface area contributed by atoms with E-state index in [0.717, 1.165) is 19.5 Å². The minimum absolute atomic E-state index is 0.138. The van der Waals surface area contributed by atoms with Crippen LogP contribution in [0.25, 0.3) is 0 Å². The summed E-state index contributed by atoms with van der Waals surface area (Å²) < 4.78 is 4.70. The standard InChI is InChI=1S/C11H22N2O3/c1-9(2)13(5-6-16-8-14)7-10-11(15)3-4-12-10/h8-12,15H,3-7H2,1-2H3. The van der Waals surface area contributed by atoms with Crippen molar-refractivity contribution in [3.63, 3.8) is 0 Å². The Kier molecular flexibility index (Phi) is 5.73. The lowest BCUT2D eigenvalue weighted by Crippen LogP contribution is -2.46. The molecule has 16 heavy (non-hydrogen) atoms. The van der Waals surface area contributed by atoms with Crippen LogP contribution in [0.15, 0.2) is 0 Å². The second-order valence-electron chi connectivity index (χ2n) is 4.47. The molecule has 0 aromatic heterocycles. The fourth-order valence-electron chi connectivity index (χ4n) is 1.97. The van der Waals surface area contributed by atoms with Crippen LogP contribution in [-0.4, -0.2) is 60.9 Å². The quantitative estimate of drug-likeness (QED) is 0.460. The van der Waals surface area contributed by atoms with Gasteiger partial charge in [-0.1, -0.05) is 0 Å². The van der Waals surface area contributed by atoms with Crippen molar-refractivity contribution in [2.24, 2.45) is 0 Å². The number of aliphatic hydroxyl groups is 1. The zero-order valence-electron chi connectivity index (χ0n) is 10.1. The van der Waals surface area contributed by atoms with Gasteiger partial charge in [0, 0.05) is 25.2 Å². The van der Waals surface area contributed by atoms with Gasteiger partial charge in [0.1, 0.15) is 6.61 Å². The third-order valence-electron chi connectivity index (χ3n) is 3.04. The summed E-state index contributed by atoms with van der Waals surface area (Å²) in [7, 11) is 0. The molecule has 5 heteroatoms. The normalized spacial score (nSPS) is 25.3. The van der Waals surface area contributed by atoms with Crippen molar-refractivity contribution in [2.75, 3.05) is 26.2 Å². The van der Waals surface area contributed by atoms with Gasteiger partial charge < -0.3 is 15.2 Å². The van der Waals surface area contributed by atoms with Gasteiger partial charge in [-0.2, -0.15) is 0 Å². The third-order valence-corrected chi connectivity index (χ3v) is 3.04. The predicted octanol–water partition coefficient (Wildman–Crippen LogP) is -0.407. The van der Waals surface area contributed by atoms with E-state index in [1.54, 1.807) is 0 Å². The summed E-state index contributed by atoms with van der Waals surface area (Å²) in [6.07, 6.45) is 0.565. The van der Waals surface area contributed by atoms with Crippen LogP contribution in [0.1, 0.15) is 20.3 Å². The molecule has 0 radical (unpaired) electrons. The molecule has 0 spiro atoms. The number of nitrogens with zero attached hydrogens (tertiary/aromatic N) is 1. The molecule has 0 aliphatic carbocycles. The maximum atomic E-state index is 10.1. The average Bonchev–Trinajstić information content (AvgIpc) is 2.63. The van der Waals surface area contributed by atoms with Gasteiger partial charge in [0.05, 0.1) is 6.10 Å². The Morgan fingerprint density at radius 1 is 1.62 bits per heavy atom. The van der Waals surface area contributed by atoms with E-state index in [2.05, 4.69) is 24.1 Å². The van der Waals surface area contributed by atoms with E-state index in [0.29, 0.717) is 25.7 Å². The van der Waals surface area contributed by atoms with Gasteiger partial charge in [-0.05, 0) is 26.8 Å². The monoisotopic (exact) mass is 230 g/mol. The Morgan fingerprint density at radius 3 is 2.88 bits per heavy atom. The SMILES string of the molecule is CC(C)N(CCOC=O)CC1NCCC1O. The van der Waals surface area contributed by atoms with E-state index in [-0.39, 0.29) is 12.1 Å². The zero-order valence-corrected chi connectivity index (χ0v) is 10.1. The lowest BCUT2D eigenvalue weighted by Gasteiger charge is -2.29. The first-order chi connectivity index (χ1) is 7.65. The first-order valence-corrected chi connectivity index (χ1v) is 5.86. The minimum atomic E-state index is -0.256. The maximum Gasteiger partial charge on any atom is 0.293 e. The molecule has 1 aliphatic rings. The molecular weight excluding hydrogens is 208 g/mol. The number of aliphatic hydroxyl groups excluding tert-OH is 1. The van der Waals surface area contributed by atoms with E-state index in [1.807, 2.05) is 0 Å². The summed E-state index contributed by atoms with van der Waals surface area (Å²) in [5.74, 6) is 0. The second kappa shape index (κ2) is 6.83. The molecule has 0 amide bonds. The fourth-order valence-corrected chi connectivity index (χ4v) is 1.97. The first-order valence-electron chi connectivity index (χ1n) is 5.86. The summed E-state index contributed by atoms with van der Waals surface area (Å²) in [4.78, 5) is 12.3. The van der Waals surface area contributed by atoms with Crippen molar-refractivity contribution >= 4 is 6.47 Å². The van der Waals surface area contributed by atoms with Gasteiger partial charge >= 0.3 is 0 Å². The molecule has 1 heterocycles. The molecule has 1 rings (SSSR count). The molecule has 94 valence electrons. The van der Waals surface area contributed by atoms with Crippen molar-refractivity contribution in [1.82, 2.24) is 10.2 Å². The molecule has 2 N–H and O–H groups in total. The van der Waals surface area contributed by atoms with E-state index in [9.17, 15) is 9.90 Å². The van der Waals surface area contributed by atoms with Gasteiger partial charge in [0.15, 0.2) is 0 Å². The molecule has 0 aromatic rings. The highest BCUT2D eigenvalue weighted by atomic mass is 16.5. The van der Waals surface area contributed by atoms with Gasteiger partial charge in [0.25, 0.3) is 6.47 Å². The van der Waals surface area contributed by atoms with E-state index in [4.69, 9.17) is 4.74 Å². The lowest BCUT2D eigenvalue weighted by molar-refractivity contribution is -0.129. The number of hydrogen-bond acceptors (Lipinski definition) is 5. The number of nitrogens with one attached hydrogen (secondary N) is 1. The van der Waals surface area contributed by atoms with Crippen molar-refractivity contribution in [3.8, 4) is 0 Å². The molecule has 1 fully saturated rings. The van der Waals surface area contributed by atoms with Crippen molar-refractivity contribution < 1.29 is 14.6 Å². The summed E-state index contributed by atoms with van der Waals surface area (Å²) >= 11 is 0. The highest BCUT2D eigenvalue weighted by Crippen LogP contribution is 2.10. The molecule has 1 saturated heterocycles. The van der Waals surface area contributed by atoms with Crippen LogP contribution in [0, 0.1) is 0 Å². The van der Waals surface area contributed by atoms with Gasteiger partial charge in [-0.3, -0.25) is 9.69 Å². The van der Waals surface area contributed by atoms with Crippen LogP contribution in [0.2, 0.25) is 0 Å². The lowest BCUT2D eigenvalue weighted by atomic mass is 10.1. The highest BCUT2D eigenvalue weighted by molar-refractivity contribution is 5.36. The smallest absolute Gasteiger partial charge is 0.293 e. The Balaban J connectivity index is 2.34. The fraction of sp³-hybridized carbons (Fsp3) is 0.909. The summed E-state index contributed by atoms with van der Waals surface area (Å²) in [5.41, 5.74) is 0. The van der Waals surface area contributed by atoms with Crippen molar-refractivity contribution in [3.05, 3.63) is 0 Å². The maximum absolute atomic E-state index is 10.1.